The van der Waals surface area contributed by atoms with E-state index >= 15 is 0 Å². The number of hydrogen-bond donors (Lipinski definition) is 4. The number of H-pyrrole nitrogens is 2. The van der Waals surface area contributed by atoms with E-state index in [1.54, 1.807) is 19.9 Å². The molecule has 172 valence electrons. The Balaban J connectivity index is 1.74. The van der Waals surface area contributed by atoms with Crippen molar-refractivity contribution in [2.75, 3.05) is 18.8 Å². The maximum Gasteiger partial charge on any atom is 0.198 e. The molecule has 2 aromatic carbocycles. The fourth-order valence-electron chi connectivity index (χ4n) is 4.42. The zero-order valence-electron chi connectivity index (χ0n) is 18.7. The number of nitrogens with two attached hydrogens (primary N) is 1. The molecule has 0 spiro atoms. The predicted octanol–water partition coefficient (Wildman–Crippen LogP) is 3.85. The van der Waals surface area contributed by atoms with Gasteiger partial charge in [0, 0.05) is 17.0 Å². The Kier molecular flexibility index (Phi) is 5.46. The van der Waals surface area contributed by atoms with Crippen molar-refractivity contribution in [2.24, 2.45) is 0 Å². The number of aromatic nitrogens is 4. The second-order valence-electron chi connectivity index (χ2n) is 8.82. The highest BCUT2D eigenvalue weighted by Crippen LogP contribution is 2.37. The molecule has 1 fully saturated rings. The van der Waals surface area contributed by atoms with Crippen molar-refractivity contribution < 1.29 is 8.42 Å². The van der Waals surface area contributed by atoms with Crippen LogP contribution in [0, 0.1) is 0 Å². The van der Waals surface area contributed by atoms with Gasteiger partial charge in [-0.1, -0.05) is 30.3 Å². The maximum atomic E-state index is 13.2. The Morgan fingerprint density at radius 1 is 1.00 bits per heavy atom. The summed E-state index contributed by atoms with van der Waals surface area (Å²) in [7, 11) is -3.60. The SMILES string of the molecule is CC(C)S(=O)(=O)c1cc(-c2nc(C3CCNCC3)[nH]c2-c2ccccc2)cc2[nH]c(N)nc12. The minimum atomic E-state index is -3.60. The number of piperidine rings is 1. The highest BCUT2D eigenvalue weighted by Gasteiger charge is 2.27. The molecule has 1 aliphatic rings. The molecule has 5 N–H and O–H groups in total. The molecule has 33 heavy (non-hydrogen) atoms. The molecule has 0 bridgehead atoms. The largest absolute Gasteiger partial charge is 0.369 e. The standard InChI is InChI=1S/C24H28N6O2S/c1-14(2)33(31,32)19-13-17(12-18-22(19)30-24(25)27-18)21-20(15-6-4-3-5-7-15)28-23(29-21)16-8-10-26-11-9-16/h3-7,12-14,16,26H,8-11H2,1-2H3,(H,28,29)(H3,25,27,30). The summed E-state index contributed by atoms with van der Waals surface area (Å²) in [5.74, 6) is 1.44. The number of nitrogens with zero attached hydrogens (tertiary/aromatic N) is 2. The molecular weight excluding hydrogens is 436 g/mol. The first kappa shape index (κ1) is 21.7. The van der Waals surface area contributed by atoms with E-state index in [4.69, 9.17) is 10.7 Å². The van der Waals surface area contributed by atoms with Gasteiger partial charge in [0.05, 0.1) is 27.0 Å². The van der Waals surface area contributed by atoms with Gasteiger partial charge < -0.3 is 21.0 Å². The third-order valence-electron chi connectivity index (χ3n) is 6.28. The van der Waals surface area contributed by atoms with Gasteiger partial charge in [0.2, 0.25) is 0 Å². The van der Waals surface area contributed by atoms with E-state index in [1.807, 2.05) is 36.4 Å². The predicted molar refractivity (Wildman–Crippen MR) is 131 cm³/mol. The minimum absolute atomic E-state index is 0.170. The number of rotatable bonds is 5. The van der Waals surface area contributed by atoms with Crippen LogP contribution in [-0.2, 0) is 9.84 Å². The lowest BCUT2D eigenvalue weighted by atomic mass is 9.98. The fraction of sp³-hybridized carbons (Fsp3) is 0.333. The quantitative estimate of drug-likeness (QED) is 0.355. The van der Waals surface area contributed by atoms with Crippen molar-refractivity contribution >= 4 is 26.8 Å². The number of nitrogens with one attached hydrogen (secondary N) is 3. The van der Waals surface area contributed by atoms with Crippen molar-refractivity contribution in [1.29, 1.82) is 0 Å². The molecule has 9 heteroatoms. The molecule has 0 unspecified atom stereocenters. The Hall–Kier alpha value is -3.17. The van der Waals surface area contributed by atoms with Crippen LogP contribution < -0.4 is 11.1 Å². The number of anilines is 1. The third kappa shape index (κ3) is 3.91. The van der Waals surface area contributed by atoms with Crippen LogP contribution in [0.2, 0.25) is 0 Å². The van der Waals surface area contributed by atoms with Crippen molar-refractivity contribution in [3.8, 4) is 22.5 Å². The van der Waals surface area contributed by atoms with Gasteiger partial charge in [-0.15, -0.1) is 0 Å². The summed E-state index contributed by atoms with van der Waals surface area (Å²) < 4.78 is 26.4. The Morgan fingerprint density at radius 2 is 1.73 bits per heavy atom. The van der Waals surface area contributed by atoms with Crippen LogP contribution in [0.25, 0.3) is 33.5 Å². The first-order valence-corrected chi connectivity index (χ1v) is 12.8. The molecule has 0 atom stereocenters. The maximum absolute atomic E-state index is 13.2. The number of nitrogen functional groups attached to an aromatic ring is 1. The van der Waals surface area contributed by atoms with Gasteiger partial charge in [-0.25, -0.2) is 18.4 Å². The zero-order chi connectivity index (χ0) is 23.2. The number of benzene rings is 2. The van der Waals surface area contributed by atoms with Gasteiger partial charge in [0.15, 0.2) is 15.8 Å². The first-order valence-electron chi connectivity index (χ1n) is 11.2. The van der Waals surface area contributed by atoms with Crippen LogP contribution in [-0.4, -0.2) is 46.7 Å². The average molecular weight is 465 g/mol. The Morgan fingerprint density at radius 3 is 2.42 bits per heavy atom. The third-order valence-corrected chi connectivity index (χ3v) is 8.45. The zero-order valence-corrected chi connectivity index (χ0v) is 19.5. The normalized spacial score (nSPS) is 15.5. The van der Waals surface area contributed by atoms with E-state index in [0.717, 1.165) is 48.7 Å². The van der Waals surface area contributed by atoms with Crippen LogP contribution in [0.4, 0.5) is 5.95 Å². The van der Waals surface area contributed by atoms with E-state index in [1.165, 1.54) is 0 Å². The average Bonchev–Trinajstić information content (AvgIpc) is 3.42. The summed E-state index contributed by atoms with van der Waals surface area (Å²) in [6, 6.07) is 13.6. The molecule has 0 radical (unpaired) electrons. The summed E-state index contributed by atoms with van der Waals surface area (Å²) in [6.45, 7) is 5.25. The summed E-state index contributed by atoms with van der Waals surface area (Å²) in [5, 5.41) is 2.80. The summed E-state index contributed by atoms with van der Waals surface area (Å²) in [4.78, 5) is 16.0. The van der Waals surface area contributed by atoms with Crippen molar-refractivity contribution in [2.45, 2.75) is 42.8 Å². The van der Waals surface area contributed by atoms with Gasteiger partial charge >= 0.3 is 0 Å². The topological polar surface area (TPSA) is 130 Å². The van der Waals surface area contributed by atoms with E-state index in [2.05, 4.69) is 20.3 Å². The molecule has 4 aromatic rings. The molecule has 0 saturated carbocycles. The van der Waals surface area contributed by atoms with Crippen molar-refractivity contribution in [3.63, 3.8) is 0 Å². The fourth-order valence-corrected chi connectivity index (χ4v) is 5.64. The molecule has 1 aliphatic heterocycles. The molecule has 2 aromatic heterocycles. The van der Waals surface area contributed by atoms with Crippen LogP contribution in [0.15, 0.2) is 47.4 Å². The molecule has 0 aliphatic carbocycles. The molecular formula is C24H28N6O2S. The monoisotopic (exact) mass is 464 g/mol. The van der Waals surface area contributed by atoms with Crippen LogP contribution in [0.5, 0.6) is 0 Å². The molecule has 1 saturated heterocycles. The van der Waals surface area contributed by atoms with Crippen LogP contribution >= 0.6 is 0 Å². The first-order chi connectivity index (χ1) is 15.8. The van der Waals surface area contributed by atoms with E-state index in [0.29, 0.717) is 22.5 Å². The number of hydrogen-bond acceptors (Lipinski definition) is 6. The number of aromatic amines is 2. The van der Waals surface area contributed by atoms with Crippen molar-refractivity contribution in [1.82, 2.24) is 25.3 Å². The molecule has 3 heterocycles. The van der Waals surface area contributed by atoms with Gasteiger partial charge in [0.1, 0.15) is 11.3 Å². The Bertz CT molecular complexity index is 1400. The van der Waals surface area contributed by atoms with E-state index in [-0.39, 0.29) is 10.8 Å². The second-order valence-corrected chi connectivity index (χ2v) is 11.3. The number of imidazole rings is 2. The summed E-state index contributed by atoms with van der Waals surface area (Å²) in [5.41, 5.74) is 10.2. The molecule has 5 rings (SSSR count). The Labute approximate surface area is 193 Å². The van der Waals surface area contributed by atoms with E-state index in [9.17, 15) is 8.42 Å². The highest BCUT2D eigenvalue weighted by molar-refractivity contribution is 7.92. The summed E-state index contributed by atoms with van der Waals surface area (Å²) in [6.07, 6.45) is 2.01. The van der Waals surface area contributed by atoms with Gasteiger partial charge in [-0.05, 0) is 51.9 Å². The van der Waals surface area contributed by atoms with Crippen LogP contribution in [0.3, 0.4) is 0 Å². The van der Waals surface area contributed by atoms with E-state index < -0.39 is 15.1 Å². The van der Waals surface area contributed by atoms with Gasteiger partial charge in [0.25, 0.3) is 0 Å². The van der Waals surface area contributed by atoms with Gasteiger partial charge in [-0.2, -0.15) is 0 Å². The van der Waals surface area contributed by atoms with Crippen molar-refractivity contribution in [3.05, 3.63) is 48.3 Å². The second kappa shape index (κ2) is 8.31. The smallest absolute Gasteiger partial charge is 0.198 e. The lowest BCUT2D eigenvalue weighted by molar-refractivity contribution is 0.447. The molecule has 0 amide bonds. The van der Waals surface area contributed by atoms with Crippen LogP contribution in [0.1, 0.15) is 38.4 Å². The summed E-state index contributed by atoms with van der Waals surface area (Å²) >= 11 is 0. The van der Waals surface area contributed by atoms with Gasteiger partial charge in [-0.3, -0.25) is 0 Å². The molecule has 8 nitrogen and oxygen atoms in total. The lowest BCUT2D eigenvalue weighted by Crippen LogP contribution is -2.27. The number of sulfone groups is 1. The lowest BCUT2D eigenvalue weighted by Gasteiger charge is -2.20. The highest BCUT2D eigenvalue weighted by atomic mass is 32.2. The number of fused-ring (bicyclic) bond motifs is 1. The minimum Gasteiger partial charge on any atom is -0.369 e.